The van der Waals surface area contributed by atoms with E-state index in [1.807, 2.05) is 0 Å². The van der Waals surface area contributed by atoms with Gasteiger partial charge in [0.25, 0.3) is 0 Å². The number of Topliss-reactive ketones (excluding diaryl/α,β-unsaturated/α-hetero) is 1. The highest BCUT2D eigenvalue weighted by Gasteiger charge is 2.02. The number of nitrogens with one attached hydrogen (secondary N) is 1. The summed E-state index contributed by atoms with van der Waals surface area (Å²) in [5, 5.41) is 3.17. The lowest BCUT2D eigenvalue weighted by atomic mass is 10.1. The van der Waals surface area contributed by atoms with Crippen molar-refractivity contribution in [3.8, 4) is 0 Å². The van der Waals surface area contributed by atoms with Gasteiger partial charge in [0, 0.05) is 17.3 Å². The van der Waals surface area contributed by atoms with E-state index in [1.54, 1.807) is 48.5 Å². The second-order valence-electron chi connectivity index (χ2n) is 4.74. The van der Waals surface area contributed by atoms with Crippen molar-refractivity contribution in [1.82, 2.24) is 0 Å². The SMILES string of the molecule is CC(=O)c1cccc(NC(=O)/C=C/c2ccc(Cl)c(N)c2)c1. The molecule has 1 amide bonds. The lowest BCUT2D eigenvalue weighted by Gasteiger charge is -2.04. The van der Waals surface area contributed by atoms with Gasteiger partial charge >= 0.3 is 0 Å². The Morgan fingerprint density at radius 1 is 1.18 bits per heavy atom. The second kappa shape index (κ2) is 6.91. The molecule has 2 aromatic carbocycles. The minimum Gasteiger partial charge on any atom is -0.398 e. The molecular weight excluding hydrogens is 300 g/mol. The molecule has 0 aliphatic rings. The Kier molecular flexibility index (Phi) is 4.96. The molecule has 0 aromatic heterocycles. The molecule has 0 bridgehead atoms. The zero-order valence-electron chi connectivity index (χ0n) is 12.0. The zero-order chi connectivity index (χ0) is 16.1. The Labute approximate surface area is 133 Å². The molecule has 0 heterocycles. The van der Waals surface area contributed by atoms with Crippen LogP contribution in [0.3, 0.4) is 0 Å². The highest BCUT2D eigenvalue weighted by Crippen LogP contribution is 2.20. The Hall–Kier alpha value is -2.59. The number of ketones is 1. The maximum Gasteiger partial charge on any atom is 0.248 e. The first-order valence-electron chi connectivity index (χ1n) is 6.61. The van der Waals surface area contributed by atoms with Crippen LogP contribution < -0.4 is 11.1 Å². The highest BCUT2D eigenvalue weighted by molar-refractivity contribution is 6.33. The van der Waals surface area contributed by atoms with E-state index >= 15 is 0 Å². The van der Waals surface area contributed by atoms with Crippen LogP contribution in [0.25, 0.3) is 6.08 Å². The fraction of sp³-hybridized carbons (Fsp3) is 0.0588. The van der Waals surface area contributed by atoms with Gasteiger partial charge in [0.1, 0.15) is 0 Å². The van der Waals surface area contributed by atoms with E-state index in [9.17, 15) is 9.59 Å². The zero-order valence-corrected chi connectivity index (χ0v) is 12.7. The van der Waals surface area contributed by atoms with Gasteiger partial charge in [0.2, 0.25) is 5.91 Å². The Morgan fingerprint density at radius 3 is 2.64 bits per heavy atom. The maximum absolute atomic E-state index is 11.9. The van der Waals surface area contributed by atoms with Crippen LogP contribution in [0, 0.1) is 0 Å². The number of nitrogens with two attached hydrogens (primary N) is 1. The van der Waals surface area contributed by atoms with Gasteiger partial charge in [-0.05, 0) is 42.8 Å². The van der Waals surface area contributed by atoms with Crippen LogP contribution in [0.2, 0.25) is 5.02 Å². The number of amides is 1. The van der Waals surface area contributed by atoms with E-state index in [1.165, 1.54) is 13.0 Å². The summed E-state index contributed by atoms with van der Waals surface area (Å²) in [4.78, 5) is 23.2. The third kappa shape index (κ3) is 4.20. The summed E-state index contributed by atoms with van der Waals surface area (Å²) >= 11 is 5.84. The normalized spacial score (nSPS) is 10.6. The summed E-state index contributed by atoms with van der Waals surface area (Å²) in [5.74, 6) is -0.350. The Balaban J connectivity index is 2.06. The average molecular weight is 315 g/mol. The number of rotatable bonds is 4. The first kappa shape index (κ1) is 15.8. The number of carbonyl (C=O) groups is 2. The van der Waals surface area contributed by atoms with Crippen molar-refractivity contribution >= 4 is 40.7 Å². The lowest BCUT2D eigenvalue weighted by molar-refractivity contribution is -0.111. The standard InChI is InChI=1S/C17H15ClN2O2/c1-11(21)13-3-2-4-14(10-13)20-17(22)8-6-12-5-7-15(18)16(19)9-12/h2-10H,19H2,1H3,(H,20,22)/b8-6+. The van der Waals surface area contributed by atoms with E-state index in [-0.39, 0.29) is 11.7 Å². The molecule has 112 valence electrons. The number of hydrogen-bond acceptors (Lipinski definition) is 3. The predicted molar refractivity (Wildman–Crippen MR) is 90.0 cm³/mol. The van der Waals surface area contributed by atoms with Crippen LogP contribution in [0.15, 0.2) is 48.5 Å². The number of anilines is 2. The van der Waals surface area contributed by atoms with Crippen LogP contribution in [-0.4, -0.2) is 11.7 Å². The first-order chi connectivity index (χ1) is 10.5. The topological polar surface area (TPSA) is 72.2 Å². The fourth-order valence-electron chi connectivity index (χ4n) is 1.84. The smallest absolute Gasteiger partial charge is 0.248 e. The lowest BCUT2D eigenvalue weighted by Crippen LogP contribution is -2.08. The molecule has 3 N–H and O–H groups in total. The molecule has 2 rings (SSSR count). The molecule has 0 radical (unpaired) electrons. The van der Waals surface area contributed by atoms with Gasteiger partial charge in [-0.2, -0.15) is 0 Å². The van der Waals surface area contributed by atoms with Gasteiger partial charge in [-0.1, -0.05) is 29.8 Å². The van der Waals surface area contributed by atoms with Gasteiger partial charge < -0.3 is 11.1 Å². The predicted octanol–water partition coefficient (Wildman–Crippen LogP) is 3.78. The third-order valence-corrected chi connectivity index (χ3v) is 3.33. The molecule has 0 aliphatic carbocycles. The summed E-state index contributed by atoms with van der Waals surface area (Å²) in [7, 11) is 0. The number of nitrogen functional groups attached to an aromatic ring is 1. The third-order valence-electron chi connectivity index (χ3n) is 2.98. The molecule has 22 heavy (non-hydrogen) atoms. The van der Waals surface area contributed by atoms with Gasteiger partial charge in [0.05, 0.1) is 10.7 Å². The van der Waals surface area contributed by atoms with Gasteiger partial charge in [-0.15, -0.1) is 0 Å². The number of carbonyl (C=O) groups excluding carboxylic acids is 2. The van der Waals surface area contributed by atoms with E-state index in [0.717, 1.165) is 5.56 Å². The molecular formula is C17H15ClN2O2. The van der Waals surface area contributed by atoms with Crippen LogP contribution in [-0.2, 0) is 4.79 Å². The number of hydrogen-bond donors (Lipinski definition) is 2. The molecule has 0 atom stereocenters. The molecule has 0 unspecified atom stereocenters. The molecule has 0 spiro atoms. The molecule has 0 saturated carbocycles. The van der Waals surface area contributed by atoms with E-state index in [0.29, 0.717) is 22.0 Å². The molecule has 4 nitrogen and oxygen atoms in total. The van der Waals surface area contributed by atoms with Crippen LogP contribution in [0.4, 0.5) is 11.4 Å². The van der Waals surface area contributed by atoms with E-state index in [4.69, 9.17) is 17.3 Å². The fourth-order valence-corrected chi connectivity index (χ4v) is 1.96. The van der Waals surface area contributed by atoms with Crippen LogP contribution in [0.1, 0.15) is 22.8 Å². The molecule has 2 aromatic rings. The maximum atomic E-state index is 11.9. The van der Waals surface area contributed by atoms with Crippen LogP contribution >= 0.6 is 11.6 Å². The summed E-state index contributed by atoms with van der Waals surface area (Å²) in [6, 6.07) is 11.9. The summed E-state index contributed by atoms with van der Waals surface area (Å²) in [5.41, 5.74) is 8.04. The van der Waals surface area contributed by atoms with Crippen molar-refractivity contribution in [1.29, 1.82) is 0 Å². The van der Waals surface area contributed by atoms with Crippen molar-refractivity contribution in [2.45, 2.75) is 6.92 Å². The number of halogens is 1. The van der Waals surface area contributed by atoms with E-state index < -0.39 is 0 Å². The molecule has 5 heteroatoms. The van der Waals surface area contributed by atoms with Crippen LogP contribution in [0.5, 0.6) is 0 Å². The summed E-state index contributed by atoms with van der Waals surface area (Å²) < 4.78 is 0. The highest BCUT2D eigenvalue weighted by atomic mass is 35.5. The van der Waals surface area contributed by atoms with Crippen molar-refractivity contribution in [3.05, 3.63) is 64.7 Å². The van der Waals surface area contributed by atoms with Crippen molar-refractivity contribution in [2.75, 3.05) is 11.1 Å². The second-order valence-corrected chi connectivity index (χ2v) is 5.15. The van der Waals surface area contributed by atoms with Gasteiger partial charge in [-0.25, -0.2) is 0 Å². The minimum absolute atomic E-state index is 0.0525. The number of benzene rings is 2. The average Bonchev–Trinajstić information content (AvgIpc) is 2.49. The Morgan fingerprint density at radius 2 is 1.95 bits per heavy atom. The largest absolute Gasteiger partial charge is 0.398 e. The molecule has 0 aliphatic heterocycles. The van der Waals surface area contributed by atoms with Gasteiger partial charge in [-0.3, -0.25) is 9.59 Å². The van der Waals surface area contributed by atoms with E-state index in [2.05, 4.69) is 5.32 Å². The minimum atomic E-state index is -0.297. The summed E-state index contributed by atoms with van der Waals surface area (Å²) in [6.45, 7) is 1.48. The Bertz CT molecular complexity index is 754. The van der Waals surface area contributed by atoms with Crippen molar-refractivity contribution < 1.29 is 9.59 Å². The van der Waals surface area contributed by atoms with Gasteiger partial charge in [0.15, 0.2) is 5.78 Å². The quantitative estimate of drug-likeness (QED) is 0.512. The van der Waals surface area contributed by atoms with Crippen molar-refractivity contribution in [2.24, 2.45) is 0 Å². The first-order valence-corrected chi connectivity index (χ1v) is 6.98. The van der Waals surface area contributed by atoms with Crippen molar-refractivity contribution in [3.63, 3.8) is 0 Å². The summed E-state index contributed by atoms with van der Waals surface area (Å²) in [6.07, 6.45) is 3.03. The molecule has 0 saturated heterocycles. The monoisotopic (exact) mass is 314 g/mol. The molecule has 0 fully saturated rings.